The fraction of sp³-hybridized carbons (Fsp3) is 0.667. The summed E-state index contributed by atoms with van der Waals surface area (Å²) in [5, 5.41) is 0. The van der Waals surface area contributed by atoms with Crippen molar-refractivity contribution >= 4 is 15.9 Å². The van der Waals surface area contributed by atoms with Crippen LogP contribution in [0.25, 0.3) is 0 Å². The number of likely N-dealkylation sites (tertiary alicyclic amines) is 1. The van der Waals surface area contributed by atoms with Crippen LogP contribution in [0.3, 0.4) is 0 Å². The van der Waals surface area contributed by atoms with Gasteiger partial charge < -0.3 is 4.90 Å². The SMILES string of the molecule is CCCCc1ccc(S(=O)(=O)N2CCCC23CCCN(C2CC2)C3=O)cc1. The number of amides is 1. The summed E-state index contributed by atoms with van der Waals surface area (Å²) in [4.78, 5) is 15.6. The van der Waals surface area contributed by atoms with Crippen molar-refractivity contribution in [2.45, 2.75) is 81.2 Å². The number of piperidine rings is 1. The zero-order chi connectivity index (χ0) is 19.1. The first-order valence-electron chi connectivity index (χ1n) is 10.4. The molecule has 3 fully saturated rings. The molecule has 2 saturated heterocycles. The Kier molecular flexibility index (Phi) is 5.06. The van der Waals surface area contributed by atoms with Crippen LogP contribution in [0, 0.1) is 0 Å². The number of rotatable bonds is 6. The molecule has 4 rings (SSSR count). The molecule has 1 aliphatic carbocycles. The van der Waals surface area contributed by atoms with Gasteiger partial charge in [-0.3, -0.25) is 4.79 Å². The fourth-order valence-corrected chi connectivity index (χ4v) is 6.58. The third-order valence-electron chi connectivity index (χ3n) is 6.40. The minimum Gasteiger partial charge on any atom is -0.338 e. The average Bonchev–Trinajstić information content (AvgIpc) is 3.42. The molecule has 1 aromatic carbocycles. The van der Waals surface area contributed by atoms with Gasteiger partial charge in [-0.25, -0.2) is 8.42 Å². The maximum Gasteiger partial charge on any atom is 0.244 e. The Balaban J connectivity index is 1.61. The average molecular weight is 391 g/mol. The maximum atomic E-state index is 13.4. The topological polar surface area (TPSA) is 57.7 Å². The van der Waals surface area contributed by atoms with Gasteiger partial charge >= 0.3 is 0 Å². The summed E-state index contributed by atoms with van der Waals surface area (Å²) in [5.41, 5.74) is 0.321. The predicted octanol–water partition coefficient (Wildman–Crippen LogP) is 3.34. The van der Waals surface area contributed by atoms with Crippen molar-refractivity contribution in [2.24, 2.45) is 0 Å². The Morgan fingerprint density at radius 3 is 2.37 bits per heavy atom. The third kappa shape index (κ3) is 3.31. The minimum absolute atomic E-state index is 0.0527. The molecule has 2 aliphatic heterocycles. The van der Waals surface area contributed by atoms with E-state index in [-0.39, 0.29) is 5.91 Å². The molecule has 6 heteroatoms. The van der Waals surface area contributed by atoms with E-state index in [0.717, 1.165) is 51.5 Å². The summed E-state index contributed by atoms with van der Waals surface area (Å²) in [5.74, 6) is 0.0527. The highest BCUT2D eigenvalue weighted by atomic mass is 32.2. The molecule has 0 aromatic heterocycles. The number of hydrogen-bond donors (Lipinski definition) is 0. The Morgan fingerprint density at radius 2 is 1.74 bits per heavy atom. The molecule has 1 amide bonds. The highest BCUT2D eigenvalue weighted by Crippen LogP contribution is 2.44. The third-order valence-corrected chi connectivity index (χ3v) is 8.38. The summed E-state index contributed by atoms with van der Waals surface area (Å²) < 4.78 is 28.4. The fourth-order valence-electron chi connectivity index (χ4n) is 4.76. The van der Waals surface area contributed by atoms with E-state index in [0.29, 0.717) is 30.3 Å². The molecular formula is C21H30N2O3S. The number of nitrogens with zero attached hydrogens (tertiary/aromatic N) is 2. The van der Waals surface area contributed by atoms with Crippen molar-refractivity contribution in [1.29, 1.82) is 0 Å². The molecule has 5 nitrogen and oxygen atoms in total. The van der Waals surface area contributed by atoms with E-state index in [1.807, 2.05) is 17.0 Å². The van der Waals surface area contributed by atoms with Gasteiger partial charge in [0.15, 0.2) is 0 Å². The second-order valence-corrected chi connectivity index (χ2v) is 10.2. The normalized spacial score (nSPS) is 26.9. The number of hydrogen-bond acceptors (Lipinski definition) is 3. The molecule has 1 atom stereocenters. The largest absolute Gasteiger partial charge is 0.338 e. The zero-order valence-electron chi connectivity index (χ0n) is 16.2. The Labute approximate surface area is 162 Å². The first-order chi connectivity index (χ1) is 13.0. The van der Waals surface area contributed by atoms with Gasteiger partial charge in [-0.2, -0.15) is 4.31 Å². The Hall–Kier alpha value is -1.40. The molecule has 1 aromatic rings. The number of carbonyl (C=O) groups is 1. The van der Waals surface area contributed by atoms with Crippen LogP contribution in [-0.2, 0) is 21.2 Å². The van der Waals surface area contributed by atoms with Crippen molar-refractivity contribution < 1.29 is 13.2 Å². The van der Waals surface area contributed by atoms with Gasteiger partial charge in [0.2, 0.25) is 15.9 Å². The van der Waals surface area contributed by atoms with Gasteiger partial charge in [-0.1, -0.05) is 25.5 Å². The Morgan fingerprint density at radius 1 is 1.07 bits per heavy atom. The van der Waals surface area contributed by atoms with Crippen molar-refractivity contribution in [1.82, 2.24) is 9.21 Å². The van der Waals surface area contributed by atoms with E-state index >= 15 is 0 Å². The zero-order valence-corrected chi connectivity index (χ0v) is 17.0. The van der Waals surface area contributed by atoms with Crippen molar-refractivity contribution in [2.75, 3.05) is 13.1 Å². The maximum absolute atomic E-state index is 13.4. The van der Waals surface area contributed by atoms with E-state index in [4.69, 9.17) is 0 Å². The van der Waals surface area contributed by atoms with Gasteiger partial charge in [0.05, 0.1) is 4.90 Å². The minimum atomic E-state index is -3.66. The van der Waals surface area contributed by atoms with E-state index in [9.17, 15) is 13.2 Å². The van der Waals surface area contributed by atoms with Crippen LogP contribution in [0.1, 0.15) is 63.9 Å². The molecule has 1 unspecified atom stereocenters. The van der Waals surface area contributed by atoms with Gasteiger partial charge in [-0.05, 0) is 69.1 Å². The molecule has 1 saturated carbocycles. The molecule has 0 bridgehead atoms. The summed E-state index contributed by atoms with van der Waals surface area (Å²) >= 11 is 0. The van der Waals surface area contributed by atoms with Crippen LogP contribution in [-0.4, -0.2) is 48.2 Å². The molecule has 2 heterocycles. The van der Waals surface area contributed by atoms with Gasteiger partial charge in [0, 0.05) is 19.1 Å². The number of aryl methyl sites for hydroxylation is 1. The lowest BCUT2D eigenvalue weighted by molar-refractivity contribution is -0.145. The molecular weight excluding hydrogens is 360 g/mol. The van der Waals surface area contributed by atoms with Gasteiger partial charge in [-0.15, -0.1) is 0 Å². The molecule has 148 valence electrons. The van der Waals surface area contributed by atoms with Crippen molar-refractivity contribution in [3.8, 4) is 0 Å². The van der Waals surface area contributed by atoms with Crippen molar-refractivity contribution in [3.05, 3.63) is 29.8 Å². The van der Waals surface area contributed by atoms with Crippen LogP contribution in [0.5, 0.6) is 0 Å². The summed E-state index contributed by atoms with van der Waals surface area (Å²) in [7, 11) is -3.66. The van der Waals surface area contributed by atoms with Gasteiger partial charge in [0.1, 0.15) is 5.54 Å². The smallest absolute Gasteiger partial charge is 0.244 e. The Bertz CT molecular complexity index is 801. The number of unbranched alkanes of at least 4 members (excludes halogenated alkanes) is 1. The first-order valence-corrected chi connectivity index (χ1v) is 11.9. The van der Waals surface area contributed by atoms with Crippen LogP contribution in [0.2, 0.25) is 0 Å². The number of sulfonamides is 1. The van der Waals surface area contributed by atoms with Gasteiger partial charge in [0.25, 0.3) is 0 Å². The van der Waals surface area contributed by atoms with E-state index in [1.165, 1.54) is 9.87 Å². The first kappa shape index (κ1) is 18.9. The predicted molar refractivity (Wildman–Crippen MR) is 105 cm³/mol. The summed E-state index contributed by atoms with van der Waals surface area (Å²) in [6.07, 6.45) is 8.29. The lowest BCUT2D eigenvalue weighted by atomic mass is 9.86. The van der Waals surface area contributed by atoms with E-state index in [2.05, 4.69) is 6.92 Å². The lowest BCUT2D eigenvalue weighted by Crippen LogP contribution is -2.61. The molecule has 27 heavy (non-hydrogen) atoms. The highest BCUT2D eigenvalue weighted by molar-refractivity contribution is 7.89. The van der Waals surface area contributed by atoms with Crippen LogP contribution in [0.4, 0.5) is 0 Å². The highest BCUT2D eigenvalue weighted by Gasteiger charge is 2.57. The van der Waals surface area contributed by atoms with Crippen LogP contribution < -0.4 is 0 Å². The monoisotopic (exact) mass is 390 g/mol. The van der Waals surface area contributed by atoms with E-state index in [1.54, 1.807) is 12.1 Å². The molecule has 0 N–H and O–H groups in total. The molecule has 3 aliphatic rings. The molecule has 0 radical (unpaired) electrons. The van der Waals surface area contributed by atoms with Crippen LogP contribution in [0.15, 0.2) is 29.2 Å². The molecule has 1 spiro atoms. The second-order valence-electron chi connectivity index (χ2n) is 8.29. The number of carbonyl (C=O) groups excluding carboxylic acids is 1. The van der Waals surface area contributed by atoms with Crippen LogP contribution >= 0.6 is 0 Å². The van der Waals surface area contributed by atoms with E-state index < -0.39 is 15.6 Å². The summed E-state index contributed by atoms with van der Waals surface area (Å²) in [6, 6.07) is 7.63. The van der Waals surface area contributed by atoms with Crippen molar-refractivity contribution in [3.63, 3.8) is 0 Å². The lowest BCUT2D eigenvalue weighted by Gasteiger charge is -2.44. The standard InChI is InChI=1S/C21H30N2O3S/c1-2-3-6-17-7-11-19(12-8-17)27(25,26)23-16-5-14-21(23)13-4-15-22(20(21)24)18-9-10-18/h7-8,11-12,18H,2-6,9-10,13-16H2,1H3. The second kappa shape index (κ2) is 7.21. The number of benzene rings is 1. The quantitative estimate of drug-likeness (QED) is 0.749. The summed E-state index contributed by atoms with van der Waals surface area (Å²) in [6.45, 7) is 3.38.